The zero-order valence-electron chi connectivity index (χ0n) is 15.8. The molecule has 0 N–H and O–H groups in total. The van der Waals surface area contributed by atoms with Crippen LogP contribution in [0.4, 0.5) is 23.7 Å². The number of pyridine rings is 1. The Morgan fingerprint density at radius 1 is 1.14 bits per heavy atom. The van der Waals surface area contributed by atoms with Crippen LogP contribution in [0.1, 0.15) is 26.3 Å². The Balaban J connectivity index is 1.85. The molecular formula is C19H21ClF3N3O2. The molecule has 1 amide bonds. The van der Waals surface area contributed by atoms with Crippen LogP contribution in [0.15, 0.2) is 24.4 Å². The molecule has 5 nitrogen and oxygen atoms in total. The van der Waals surface area contributed by atoms with Crippen molar-refractivity contribution in [2.24, 2.45) is 0 Å². The van der Waals surface area contributed by atoms with Gasteiger partial charge in [-0.2, -0.15) is 13.2 Å². The summed E-state index contributed by atoms with van der Waals surface area (Å²) in [5.74, 6) is 0. The molecule has 2 heterocycles. The molecule has 1 saturated heterocycles. The normalized spacial score (nSPS) is 15.8. The molecule has 1 aliphatic rings. The maximum absolute atomic E-state index is 13.6. The average Bonchev–Trinajstić information content (AvgIpc) is 2.59. The number of amides is 1. The van der Waals surface area contributed by atoms with Gasteiger partial charge in [0.1, 0.15) is 10.8 Å². The highest BCUT2D eigenvalue weighted by atomic mass is 35.5. The fraction of sp³-hybridized carbons (Fsp3) is 0.474. The van der Waals surface area contributed by atoms with Crippen LogP contribution in [0.25, 0.3) is 10.8 Å². The highest BCUT2D eigenvalue weighted by molar-refractivity contribution is 6.34. The minimum Gasteiger partial charge on any atom is -0.444 e. The molecule has 9 heteroatoms. The second-order valence-electron chi connectivity index (χ2n) is 7.65. The van der Waals surface area contributed by atoms with Crippen molar-refractivity contribution in [1.29, 1.82) is 0 Å². The Bertz CT molecular complexity index is 888. The number of nitrogens with zero attached hydrogens (tertiary/aromatic N) is 3. The SMILES string of the molecule is CC(C)(C)OC(=O)N1CCN(c2cc(C(F)(F)F)c3c(Cl)nccc3c2)CC1. The fourth-order valence-electron chi connectivity index (χ4n) is 3.14. The van der Waals surface area contributed by atoms with E-state index in [1.807, 2.05) is 4.90 Å². The summed E-state index contributed by atoms with van der Waals surface area (Å²) in [7, 11) is 0. The maximum Gasteiger partial charge on any atom is 0.417 e. The fourth-order valence-corrected chi connectivity index (χ4v) is 3.41. The van der Waals surface area contributed by atoms with Crippen LogP contribution in [0, 0.1) is 0 Å². The summed E-state index contributed by atoms with van der Waals surface area (Å²) < 4.78 is 46.1. The molecule has 152 valence electrons. The van der Waals surface area contributed by atoms with Gasteiger partial charge >= 0.3 is 12.3 Å². The molecule has 0 spiro atoms. The number of fused-ring (bicyclic) bond motifs is 1. The molecule has 0 radical (unpaired) electrons. The third kappa shape index (κ3) is 4.43. The van der Waals surface area contributed by atoms with Crippen molar-refractivity contribution in [2.45, 2.75) is 32.5 Å². The molecule has 2 aromatic rings. The maximum atomic E-state index is 13.6. The smallest absolute Gasteiger partial charge is 0.417 e. The van der Waals surface area contributed by atoms with E-state index in [4.69, 9.17) is 16.3 Å². The molecule has 1 aliphatic heterocycles. The van der Waals surface area contributed by atoms with E-state index in [0.717, 1.165) is 6.07 Å². The summed E-state index contributed by atoms with van der Waals surface area (Å²) in [6.07, 6.45) is -3.59. The quantitative estimate of drug-likeness (QED) is 0.617. The Labute approximate surface area is 166 Å². The number of hydrogen-bond acceptors (Lipinski definition) is 4. The highest BCUT2D eigenvalue weighted by Gasteiger charge is 2.35. The summed E-state index contributed by atoms with van der Waals surface area (Å²) in [5, 5.41) is 0.0957. The van der Waals surface area contributed by atoms with Crippen LogP contribution in [0.5, 0.6) is 0 Å². The van der Waals surface area contributed by atoms with Gasteiger partial charge in [-0.1, -0.05) is 11.6 Å². The van der Waals surface area contributed by atoms with E-state index in [9.17, 15) is 18.0 Å². The van der Waals surface area contributed by atoms with Gasteiger partial charge in [-0.25, -0.2) is 9.78 Å². The van der Waals surface area contributed by atoms with Crippen molar-refractivity contribution in [2.75, 3.05) is 31.1 Å². The van der Waals surface area contributed by atoms with Crippen molar-refractivity contribution in [3.63, 3.8) is 0 Å². The lowest BCUT2D eigenvalue weighted by Crippen LogP contribution is -2.50. The molecule has 1 aromatic heterocycles. The lowest BCUT2D eigenvalue weighted by molar-refractivity contribution is -0.136. The zero-order valence-corrected chi connectivity index (χ0v) is 16.6. The van der Waals surface area contributed by atoms with E-state index in [1.165, 1.54) is 12.3 Å². The number of halogens is 4. The predicted molar refractivity (Wildman–Crippen MR) is 102 cm³/mol. The first kappa shape index (κ1) is 20.5. The summed E-state index contributed by atoms with van der Waals surface area (Å²) >= 11 is 5.93. The van der Waals surface area contributed by atoms with Gasteiger partial charge < -0.3 is 14.5 Å². The molecule has 1 aromatic carbocycles. The van der Waals surface area contributed by atoms with Gasteiger partial charge in [-0.15, -0.1) is 0 Å². The second kappa shape index (κ2) is 7.31. The molecule has 3 rings (SSSR count). The molecule has 0 atom stereocenters. The van der Waals surface area contributed by atoms with Crippen LogP contribution < -0.4 is 4.90 Å². The number of hydrogen-bond donors (Lipinski definition) is 0. The number of anilines is 1. The first-order valence-corrected chi connectivity index (χ1v) is 9.22. The third-order valence-corrected chi connectivity index (χ3v) is 4.69. The van der Waals surface area contributed by atoms with Gasteiger partial charge in [0.05, 0.1) is 5.56 Å². The van der Waals surface area contributed by atoms with Gasteiger partial charge in [0, 0.05) is 43.4 Å². The van der Waals surface area contributed by atoms with Crippen LogP contribution >= 0.6 is 11.6 Å². The van der Waals surface area contributed by atoms with Gasteiger partial charge in [-0.05, 0) is 44.4 Å². The lowest BCUT2D eigenvalue weighted by Gasteiger charge is -2.37. The van der Waals surface area contributed by atoms with E-state index >= 15 is 0 Å². The first-order valence-electron chi connectivity index (χ1n) is 8.84. The summed E-state index contributed by atoms with van der Waals surface area (Å²) in [6.45, 7) is 6.90. The summed E-state index contributed by atoms with van der Waals surface area (Å²) in [5.41, 5.74) is -0.972. The van der Waals surface area contributed by atoms with Crippen molar-refractivity contribution in [3.8, 4) is 0 Å². The largest absolute Gasteiger partial charge is 0.444 e. The van der Waals surface area contributed by atoms with Crippen molar-refractivity contribution in [1.82, 2.24) is 9.88 Å². The Morgan fingerprint density at radius 2 is 1.79 bits per heavy atom. The minimum atomic E-state index is -4.56. The van der Waals surface area contributed by atoms with E-state index in [1.54, 1.807) is 31.7 Å². The van der Waals surface area contributed by atoms with Crippen molar-refractivity contribution >= 4 is 34.2 Å². The van der Waals surface area contributed by atoms with Gasteiger partial charge in [-0.3, -0.25) is 0 Å². The number of ether oxygens (including phenoxy) is 1. The second-order valence-corrected chi connectivity index (χ2v) is 8.00. The van der Waals surface area contributed by atoms with Crippen LogP contribution in [-0.2, 0) is 10.9 Å². The lowest BCUT2D eigenvalue weighted by atomic mass is 10.0. The Hall–Kier alpha value is -2.22. The van der Waals surface area contributed by atoms with Crippen LogP contribution in [0.3, 0.4) is 0 Å². The van der Waals surface area contributed by atoms with E-state index in [-0.39, 0.29) is 10.5 Å². The van der Waals surface area contributed by atoms with E-state index in [0.29, 0.717) is 37.3 Å². The number of benzene rings is 1. The van der Waals surface area contributed by atoms with Gasteiger partial charge in [0.15, 0.2) is 0 Å². The Morgan fingerprint density at radius 3 is 2.36 bits per heavy atom. The molecule has 0 saturated carbocycles. The predicted octanol–water partition coefficient (Wildman–Crippen LogP) is 4.96. The average molecular weight is 416 g/mol. The number of carbonyl (C=O) groups is 1. The molecule has 0 unspecified atom stereocenters. The molecule has 1 fully saturated rings. The van der Waals surface area contributed by atoms with E-state index in [2.05, 4.69) is 4.98 Å². The minimum absolute atomic E-state index is 0.104. The number of rotatable bonds is 1. The molecular weight excluding hydrogens is 395 g/mol. The Kier molecular flexibility index (Phi) is 5.36. The monoisotopic (exact) mass is 415 g/mol. The number of carbonyl (C=O) groups excluding carboxylic acids is 1. The van der Waals surface area contributed by atoms with Crippen molar-refractivity contribution in [3.05, 3.63) is 35.1 Å². The number of aromatic nitrogens is 1. The highest BCUT2D eigenvalue weighted by Crippen LogP contribution is 2.40. The van der Waals surface area contributed by atoms with Gasteiger partial charge in [0.25, 0.3) is 0 Å². The van der Waals surface area contributed by atoms with Crippen LogP contribution in [0.2, 0.25) is 5.15 Å². The topological polar surface area (TPSA) is 45.7 Å². The molecule has 0 bridgehead atoms. The first-order chi connectivity index (χ1) is 13.0. The zero-order chi connectivity index (χ0) is 20.7. The van der Waals surface area contributed by atoms with E-state index < -0.39 is 23.4 Å². The number of alkyl halides is 3. The molecule has 0 aliphatic carbocycles. The summed E-state index contributed by atoms with van der Waals surface area (Å²) in [4.78, 5) is 19.3. The summed E-state index contributed by atoms with van der Waals surface area (Å²) in [6, 6.07) is 4.27. The third-order valence-electron chi connectivity index (χ3n) is 4.40. The number of piperazine rings is 1. The van der Waals surface area contributed by atoms with Crippen molar-refractivity contribution < 1.29 is 22.7 Å². The van der Waals surface area contributed by atoms with Gasteiger partial charge in [0.2, 0.25) is 0 Å². The molecule has 28 heavy (non-hydrogen) atoms. The standard InChI is InChI=1S/C19H21ClF3N3O2/c1-18(2,3)28-17(27)26-8-6-25(7-9-26)13-10-12-4-5-24-16(20)15(12)14(11-13)19(21,22)23/h4-5,10-11H,6-9H2,1-3H3. The van der Waals surface area contributed by atoms with Crippen LogP contribution in [-0.4, -0.2) is 47.8 Å².